The fraction of sp³-hybridized carbons (Fsp3) is 0.316. The number of aryl methyl sites for hydroxylation is 4. The van der Waals surface area contributed by atoms with Crippen LogP contribution in [-0.2, 0) is 13.1 Å². The Morgan fingerprint density at radius 1 is 1.16 bits per heavy atom. The molecule has 0 fully saturated rings. The van der Waals surface area contributed by atoms with Gasteiger partial charge in [-0.1, -0.05) is 12.1 Å². The lowest BCUT2D eigenvalue weighted by molar-refractivity contribution is 0.251. The molecule has 0 aliphatic heterocycles. The Kier molecular flexibility index (Phi) is 4.70. The highest BCUT2D eigenvalue weighted by Gasteiger charge is 2.12. The molecule has 3 rings (SSSR count). The molecule has 0 radical (unpaired) electrons. The summed E-state index contributed by atoms with van der Waals surface area (Å²) in [4.78, 5) is 21.3. The van der Waals surface area contributed by atoms with Gasteiger partial charge in [-0.15, -0.1) is 0 Å². The zero-order valence-corrected chi connectivity index (χ0v) is 15.1. The van der Waals surface area contributed by atoms with Gasteiger partial charge in [0.25, 0.3) is 0 Å². The second-order valence-electron chi connectivity index (χ2n) is 6.11. The van der Waals surface area contributed by atoms with Crippen molar-refractivity contribution >= 4 is 22.8 Å². The number of hydrogen-bond acceptors (Lipinski definition) is 3. The Labute approximate surface area is 147 Å². The molecule has 25 heavy (non-hydrogen) atoms. The van der Waals surface area contributed by atoms with Gasteiger partial charge in [-0.3, -0.25) is 4.98 Å². The SMILES string of the molecule is CCn1c(CNC(=O)Nc2c(C)cc(C)nc2C)nc2ccccc21. The number of nitrogens with one attached hydrogen (secondary N) is 2. The van der Waals surface area contributed by atoms with Crippen LogP contribution in [0.4, 0.5) is 10.5 Å². The van der Waals surface area contributed by atoms with Crippen molar-refractivity contribution in [2.45, 2.75) is 40.8 Å². The Balaban J connectivity index is 1.73. The summed E-state index contributed by atoms with van der Waals surface area (Å²) in [5.41, 5.74) is 5.53. The molecule has 0 unspecified atom stereocenters. The molecule has 0 aliphatic carbocycles. The van der Waals surface area contributed by atoms with E-state index in [0.29, 0.717) is 6.54 Å². The lowest BCUT2D eigenvalue weighted by Crippen LogP contribution is -2.30. The molecule has 0 spiro atoms. The van der Waals surface area contributed by atoms with E-state index in [4.69, 9.17) is 0 Å². The minimum absolute atomic E-state index is 0.258. The zero-order chi connectivity index (χ0) is 18.0. The van der Waals surface area contributed by atoms with Crippen LogP contribution in [-0.4, -0.2) is 20.6 Å². The summed E-state index contributed by atoms with van der Waals surface area (Å²) in [5.74, 6) is 0.842. The molecule has 0 saturated heterocycles. The van der Waals surface area contributed by atoms with Gasteiger partial charge in [0.2, 0.25) is 0 Å². The molecule has 2 N–H and O–H groups in total. The third-order valence-electron chi connectivity index (χ3n) is 4.22. The lowest BCUT2D eigenvalue weighted by Gasteiger charge is -2.13. The topological polar surface area (TPSA) is 71.8 Å². The molecule has 6 heteroatoms. The van der Waals surface area contributed by atoms with Crippen LogP contribution < -0.4 is 10.6 Å². The van der Waals surface area contributed by atoms with Crippen molar-refractivity contribution in [2.75, 3.05) is 5.32 Å². The number of carbonyl (C=O) groups is 1. The molecule has 0 bridgehead atoms. The summed E-state index contributed by atoms with van der Waals surface area (Å²) in [7, 11) is 0. The van der Waals surface area contributed by atoms with Crippen LogP contribution in [0.1, 0.15) is 29.7 Å². The molecule has 0 saturated carbocycles. The number of anilines is 1. The third kappa shape index (κ3) is 3.47. The van der Waals surface area contributed by atoms with Gasteiger partial charge in [0.05, 0.1) is 29.0 Å². The monoisotopic (exact) mass is 337 g/mol. The third-order valence-corrected chi connectivity index (χ3v) is 4.22. The van der Waals surface area contributed by atoms with Crippen molar-refractivity contribution < 1.29 is 4.79 Å². The summed E-state index contributed by atoms with van der Waals surface area (Å²) in [5, 5.41) is 5.79. The smallest absolute Gasteiger partial charge is 0.319 e. The number of benzene rings is 1. The van der Waals surface area contributed by atoms with E-state index in [1.54, 1.807) is 0 Å². The Hall–Kier alpha value is -2.89. The molecule has 0 atom stereocenters. The standard InChI is InChI=1S/C19H23N5O/c1-5-24-16-9-7-6-8-15(16)22-17(24)11-20-19(25)23-18-12(2)10-13(3)21-14(18)4/h6-10H,5,11H2,1-4H3,(H2,20,23,25). The van der Waals surface area contributed by atoms with Crippen molar-refractivity contribution in [2.24, 2.45) is 0 Å². The fourth-order valence-corrected chi connectivity index (χ4v) is 3.14. The van der Waals surface area contributed by atoms with Gasteiger partial charge in [-0.25, -0.2) is 9.78 Å². The summed E-state index contributed by atoms with van der Waals surface area (Å²) in [6.07, 6.45) is 0. The first-order valence-electron chi connectivity index (χ1n) is 8.43. The normalized spacial score (nSPS) is 10.9. The van der Waals surface area contributed by atoms with Crippen LogP contribution in [0.5, 0.6) is 0 Å². The zero-order valence-electron chi connectivity index (χ0n) is 15.1. The molecule has 1 aromatic carbocycles. The van der Waals surface area contributed by atoms with Crippen LogP contribution in [0.25, 0.3) is 11.0 Å². The van der Waals surface area contributed by atoms with Crippen LogP contribution in [0.3, 0.4) is 0 Å². The van der Waals surface area contributed by atoms with Crippen LogP contribution in [0, 0.1) is 20.8 Å². The average Bonchev–Trinajstić information content (AvgIpc) is 2.93. The van der Waals surface area contributed by atoms with E-state index in [2.05, 4.69) is 32.1 Å². The summed E-state index contributed by atoms with van der Waals surface area (Å²) < 4.78 is 2.11. The number of rotatable bonds is 4. The number of pyridine rings is 1. The van der Waals surface area contributed by atoms with Gasteiger partial charge < -0.3 is 15.2 Å². The number of carbonyl (C=O) groups excluding carboxylic acids is 1. The van der Waals surface area contributed by atoms with Gasteiger partial charge in [-0.2, -0.15) is 0 Å². The molecule has 2 aromatic heterocycles. The predicted octanol–water partition coefficient (Wildman–Crippen LogP) is 3.70. The number of imidazole rings is 1. The van der Waals surface area contributed by atoms with E-state index in [9.17, 15) is 4.79 Å². The first-order chi connectivity index (χ1) is 12.0. The maximum atomic E-state index is 12.3. The number of para-hydroxylation sites is 2. The number of fused-ring (bicyclic) bond motifs is 1. The first-order valence-corrected chi connectivity index (χ1v) is 8.43. The van der Waals surface area contributed by atoms with Crippen molar-refractivity contribution in [3.05, 3.63) is 53.1 Å². The average molecular weight is 337 g/mol. The van der Waals surface area contributed by atoms with Crippen molar-refractivity contribution in [1.29, 1.82) is 0 Å². The van der Waals surface area contributed by atoms with Crippen molar-refractivity contribution in [3.8, 4) is 0 Å². The maximum Gasteiger partial charge on any atom is 0.319 e. The highest BCUT2D eigenvalue weighted by atomic mass is 16.2. The summed E-state index contributed by atoms with van der Waals surface area (Å²) in [6, 6.07) is 9.69. The molecule has 0 aliphatic rings. The number of nitrogens with zero attached hydrogens (tertiary/aromatic N) is 3. The molecule has 2 heterocycles. The van der Waals surface area contributed by atoms with E-state index in [1.807, 2.05) is 51.1 Å². The van der Waals surface area contributed by atoms with Gasteiger partial charge in [-0.05, 0) is 51.5 Å². The minimum Gasteiger partial charge on any atom is -0.331 e. The molecule has 130 valence electrons. The Morgan fingerprint density at radius 3 is 2.64 bits per heavy atom. The second kappa shape index (κ2) is 6.93. The van der Waals surface area contributed by atoms with Crippen LogP contribution >= 0.6 is 0 Å². The number of urea groups is 1. The molecular weight excluding hydrogens is 314 g/mol. The first kappa shape index (κ1) is 17.0. The minimum atomic E-state index is -0.258. The maximum absolute atomic E-state index is 12.3. The fourth-order valence-electron chi connectivity index (χ4n) is 3.14. The van der Waals surface area contributed by atoms with E-state index in [1.165, 1.54) is 0 Å². The lowest BCUT2D eigenvalue weighted by atomic mass is 10.1. The number of hydrogen-bond donors (Lipinski definition) is 2. The van der Waals surface area contributed by atoms with Crippen molar-refractivity contribution in [1.82, 2.24) is 19.9 Å². The molecule has 6 nitrogen and oxygen atoms in total. The van der Waals surface area contributed by atoms with E-state index < -0.39 is 0 Å². The van der Waals surface area contributed by atoms with Gasteiger partial charge in [0.15, 0.2) is 0 Å². The van der Waals surface area contributed by atoms with Crippen LogP contribution in [0.15, 0.2) is 30.3 Å². The van der Waals surface area contributed by atoms with Crippen molar-refractivity contribution in [3.63, 3.8) is 0 Å². The Bertz CT molecular complexity index is 906. The molecule has 3 aromatic rings. The molecule has 2 amide bonds. The largest absolute Gasteiger partial charge is 0.331 e. The summed E-state index contributed by atoms with van der Waals surface area (Å²) in [6.45, 7) is 9.05. The predicted molar refractivity (Wildman–Crippen MR) is 99.7 cm³/mol. The Morgan fingerprint density at radius 2 is 1.92 bits per heavy atom. The number of amides is 2. The highest BCUT2D eigenvalue weighted by molar-refractivity contribution is 5.90. The van der Waals surface area contributed by atoms with E-state index >= 15 is 0 Å². The summed E-state index contributed by atoms with van der Waals surface area (Å²) >= 11 is 0. The van der Waals surface area contributed by atoms with Gasteiger partial charge in [0.1, 0.15) is 5.82 Å². The van der Waals surface area contributed by atoms with Gasteiger partial charge in [0, 0.05) is 12.2 Å². The quantitative estimate of drug-likeness (QED) is 0.762. The highest BCUT2D eigenvalue weighted by Crippen LogP contribution is 2.19. The molecular formula is C19H23N5O. The van der Waals surface area contributed by atoms with Crippen LogP contribution in [0.2, 0.25) is 0 Å². The van der Waals surface area contributed by atoms with E-state index in [-0.39, 0.29) is 6.03 Å². The second-order valence-corrected chi connectivity index (χ2v) is 6.11. The van der Waals surface area contributed by atoms with E-state index in [0.717, 1.165) is 46.0 Å². The number of aromatic nitrogens is 3. The van der Waals surface area contributed by atoms with Gasteiger partial charge >= 0.3 is 6.03 Å².